The van der Waals surface area contributed by atoms with Crippen molar-refractivity contribution in [1.82, 2.24) is 5.32 Å². The zero-order valence-electron chi connectivity index (χ0n) is 15.0. The van der Waals surface area contributed by atoms with Crippen LogP contribution in [0.1, 0.15) is 42.4 Å². The van der Waals surface area contributed by atoms with Crippen molar-refractivity contribution in [2.24, 2.45) is 0 Å². The Morgan fingerprint density at radius 3 is 2.22 bits per heavy atom. The van der Waals surface area contributed by atoms with Crippen LogP contribution in [0.2, 0.25) is 0 Å². The van der Waals surface area contributed by atoms with Crippen LogP contribution in [0, 0.1) is 0 Å². The van der Waals surface area contributed by atoms with Gasteiger partial charge in [0.15, 0.2) is 11.5 Å². The third-order valence-corrected chi connectivity index (χ3v) is 5.16. The van der Waals surface area contributed by atoms with Crippen LogP contribution >= 0.6 is 0 Å². The van der Waals surface area contributed by atoms with Crippen LogP contribution in [0.4, 0.5) is 13.2 Å². The predicted octanol–water partition coefficient (Wildman–Crippen LogP) is 4.80. The SMILES string of the molecule is Oc1ccc(CC2CCCC(CCc3ccc(C(F)(F)F)cc3)N2)cc1O. The molecule has 2 unspecified atom stereocenters. The summed E-state index contributed by atoms with van der Waals surface area (Å²) < 4.78 is 37.9. The second-order valence-electron chi connectivity index (χ2n) is 7.25. The molecule has 0 aliphatic carbocycles. The summed E-state index contributed by atoms with van der Waals surface area (Å²) in [6.07, 6.45) is 1.28. The Morgan fingerprint density at radius 2 is 1.56 bits per heavy atom. The summed E-state index contributed by atoms with van der Waals surface area (Å²) in [5.74, 6) is -0.230. The molecule has 1 heterocycles. The average molecular weight is 379 g/mol. The van der Waals surface area contributed by atoms with Gasteiger partial charge in [-0.2, -0.15) is 13.2 Å². The molecule has 3 nitrogen and oxygen atoms in total. The Hall–Kier alpha value is -2.21. The summed E-state index contributed by atoms with van der Waals surface area (Å²) in [5, 5.41) is 22.6. The number of piperidine rings is 1. The smallest absolute Gasteiger partial charge is 0.416 e. The van der Waals surface area contributed by atoms with Crippen LogP contribution in [0.3, 0.4) is 0 Å². The molecule has 6 heteroatoms. The van der Waals surface area contributed by atoms with E-state index in [9.17, 15) is 23.4 Å². The van der Waals surface area contributed by atoms with Crippen LogP contribution in [0.5, 0.6) is 11.5 Å². The quantitative estimate of drug-likeness (QED) is 0.654. The molecule has 2 aromatic rings. The van der Waals surface area contributed by atoms with Gasteiger partial charge in [-0.05, 0) is 67.5 Å². The summed E-state index contributed by atoms with van der Waals surface area (Å²) >= 11 is 0. The number of alkyl halides is 3. The van der Waals surface area contributed by atoms with E-state index in [1.165, 1.54) is 6.07 Å². The number of phenolic OH excluding ortho intramolecular Hbond substituents is 2. The minimum absolute atomic E-state index is 0.109. The highest BCUT2D eigenvalue weighted by Crippen LogP contribution is 2.30. The first-order valence-corrected chi connectivity index (χ1v) is 9.24. The summed E-state index contributed by atoms with van der Waals surface area (Å²) in [4.78, 5) is 0. The third-order valence-electron chi connectivity index (χ3n) is 5.16. The molecule has 3 rings (SSSR count). The van der Waals surface area contributed by atoms with Gasteiger partial charge in [0.1, 0.15) is 0 Å². The number of nitrogens with one attached hydrogen (secondary N) is 1. The second kappa shape index (κ2) is 8.21. The average Bonchev–Trinajstić information content (AvgIpc) is 2.63. The highest BCUT2D eigenvalue weighted by atomic mass is 19.4. The molecule has 1 aliphatic rings. The van der Waals surface area contributed by atoms with Gasteiger partial charge in [0, 0.05) is 12.1 Å². The summed E-state index contributed by atoms with van der Waals surface area (Å²) in [7, 11) is 0. The lowest BCUT2D eigenvalue weighted by molar-refractivity contribution is -0.137. The fourth-order valence-electron chi connectivity index (χ4n) is 3.68. The van der Waals surface area contributed by atoms with Gasteiger partial charge in [-0.1, -0.05) is 24.6 Å². The molecule has 2 atom stereocenters. The van der Waals surface area contributed by atoms with Gasteiger partial charge in [0.2, 0.25) is 0 Å². The number of hydrogen-bond acceptors (Lipinski definition) is 3. The standard InChI is InChI=1S/C21H24F3NO2/c22-21(23,24)16-8-4-14(5-9-16)6-10-17-2-1-3-18(25-17)12-15-7-11-19(26)20(27)13-15/h4-5,7-9,11,13,17-18,25-27H,1-3,6,10,12H2. The van der Waals surface area contributed by atoms with E-state index in [1.54, 1.807) is 18.2 Å². The van der Waals surface area contributed by atoms with Gasteiger partial charge in [-0.3, -0.25) is 0 Å². The zero-order valence-corrected chi connectivity index (χ0v) is 15.0. The molecule has 146 valence electrons. The van der Waals surface area contributed by atoms with Gasteiger partial charge in [-0.15, -0.1) is 0 Å². The van der Waals surface area contributed by atoms with Crippen molar-refractivity contribution in [3.8, 4) is 11.5 Å². The van der Waals surface area contributed by atoms with Crippen molar-refractivity contribution in [2.75, 3.05) is 0 Å². The largest absolute Gasteiger partial charge is 0.504 e. The van der Waals surface area contributed by atoms with E-state index in [0.717, 1.165) is 61.8 Å². The first-order chi connectivity index (χ1) is 12.8. The van der Waals surface area contributed by atoms with Crippen molar-refractivity contribution < 1.29 is 23.4 Å². The fourth-order valence-corrected chi connectivity index (χ4v) is 3.68. The van der Waals surface area contributed by atoms with Crippen molar-refractivity contribution in [1.29, 1.82) is 0 Å². The number of halogens is 3. The Morgan fingerprint density at radius 1 is 0.889 bits per heavy atom. The lowest BCUT2D eigenvalue weighted by atomic mass is 9.91. The van der Waals surface area contributed by atoms with Crippen LogP contribution in [-0.4, -0.2) is 22.3 Å². The van der Waals surface area contributed by atoms with Gasteiger partial charge >= 0.3 is 6.18 Å². The minimum atomic E-state index is -4.29. The normalized spacial score (nSPS) is 20.6. The van der Waals surface area contributed by atoms with Crippen LogP contribution < -0.4 is 5.32 Å². The van der Waals surface area contributed by atoms with Crippen molar-refractivity contribution in [3.63, 3.8) is 0 Å². The van der Waals surface area contributed by atoms with E-state index in [1.807, 2.05) is 6.07 Å². The molecule has 3 N–H and O–H groups in total. The van der Waals surface area contributed by atoms with E-state index in [2.05, 4.69) is 5.32 Å². The molecule has 1 aliphatic heterocycles. The molecule has 0 saturated carbocycles. The molecule has 1 fully saturated rings. The summed E-state index contributed by atoms with van der Waals surface area (Å²) in [5.41, 5.74) is 1.26. The Labute approximate surface area is 156 Å². The number of hydrogen-bond donors (Lipinski definition) is 3. The zero-order chi connectivity index (χ0) is 19.4. The van der Waals surface area contributed by atoms with Crippen LogP contribution in [0.15, 0.2) is 42.5 Å². The molecule has 0 bridgehead atoms. The van der Waals surface area contributed by atoms with Crippen molar-refractivity contribution in [3.05, 3.63) is 59.2 Å². The predicted molar refractivity (Wildman–Crippen MR) is 97.8 cm³/mol. The van der Waals surface area contributed by atoms with E-state index < -0.39 is 11.7 Å². The van der Waals surface area contributed by atoms with E-state index in [-0.39, 0.29) is 11.5 Å². The molecule has 2 aromatic carbocycles. The highest BCUT2D eigenvalue weighted by Gasteiger charge is 2.30. The number of aromatic hydroxyl groups is 2. The lowest BCUT2D eigenvalue weighted by Gasteiger charge is -2.31. The molecular weight excluding hydrogens is 355 g/mol. The minimum Gasteiger partial charge on any atom is -0.504 e. The maximum Gasteiger partial charge on any atom is 0.416 e. The molecule has 0 spiro atoms. The van der Waals surface area contributed by atoms with E-state index >= 15 is 0 Å². The van der Waals surface area contributed by atoms with Crippen molar-refractivity contribution >= 4 is 0 Å². The van der Waals surface area contributed by atoms with Crippen LogP contribution in [-0.2, 0) is 19.0 Å². The maximum absolute atomic E-state index is 12.6. The molecule has 0 radical (unpaired) electrons. The van der Waals surface area contributed by atoms with Gasteiger partial charge in [0.25, 0.3) is 0 Å². The van der Waals surface area contributed by atoms with E-state index in [0.29, 0.717) is 12.1 Å². The lowest BCUT2D eigenvalue weighted by Crippen LogP contribution is -2.43. The molecule has 0 aromatic heterocycles. The van der Waals surface area contributed by atoms with Gasteiger partial charge in [0.05, 0.1) is 5.56 Å². The first kappa shape index (κ1) is 19.5. The van der Waals surface area contributed by atoms with Gasteiger partial charge < -0.3 is 15.5 Å². The van der Waals surface area contributed by atoms with Gasteiger partial charge in [-0.25, -0.2) is 0 Å². The molecule has 1 saturated heterocycles. The number of phenols is 2. The fraction of sp³-hybridized carbons (Fsp3) is 0.429. The monoisotopic (exact) mass is 379 g/mol. The van der Waals surface area contributed by atoms with Crippen molar-refractivity contribution in [2.45, 2.75) is 56.8 Å². The number of aryl methyl sites for hydroxylation is 1. The van der Waals surface area contributed by atoms with Crippen LogP contribution in [0.25, 0.3) is 0 Å². The summed E-state index contributed by atoms with van der Waals surface area (Å²) in [6, 6.07) is 10.9. The highest BCUT2D eigenvalue weighted by molar-refractivity contribution is 5.40. The molecule has 0 amide bonds. The first-order valence-electron chi connectivity index (χ1n) is 9.24. The molecular formula is C21H24F3NO2. The Balaban J connectivity index is 1.51. The second-order valence-corrected chi connectivity index (χ2v) is 7.25. The Kier molecular flexibility index (Phi) is 5.95. The third kappa shape index (κ3) is 5.39. The van der Waals surface area contributed by atoms with E-state index in [4.69, 9.17) is 0 Å². The number of rotatable bonds is 5. The Bertz CT molecular complexity index is 759. The summed E-state index contributed by atoms with van der Waals surface area (Å²) in [6.45, 7) is 0. The molecule has 27 heavy (non-hydrogen) atoms. The topological polar surface area (TPSA) is 52.5 Å². The number of benzene rings is 2. The maximum atomic E-state index is 12.6.